The van der Waals surface area contributed by atoms with Gasteiger partial charge in [0.05, 0.1) is 19.8 Å². The van der Waals surface area contributed by atoms with Gasteiger partial charge in [0, 0.05) is 5.41 Å². The Morgan fingerprint density at radius 1 is 0.538 bits per heavy atom. The van der Waals surface area contributed by atoms with Crippen LogP contribution in [0.2, 0.25) is 0 Å². The molecule has 0 aliphatic heterocycles. The van der Waals surface area contributed by atoms with Crippen LogP contribution in [0, 0.1) is 5.41 Å². The molecule has 0 saturated heterocycles. The van der Waals surface area contributed by atoms with Crippen LogP contribution in [0.15, 0.2) is 72.8 Å². The molecule has 9 N–H and O–H groups in total. The fourth-order valence-electron chi connectivity index (χ4n) is 2.45. The van der Waals surface area contributed by atoms with E-state index in [0.29, 0.717) is 6.42 Å². The number of aliphatic hydroxyl groups is 3. The van der Waals surface area contributed by atoms with E-state index in [4.69, 9.17) is 46.0 Å². The molecule has 0 unspecified atom stereocenters. The van der Waals surface area contributed by atoms with Crippen molar-refractivity contribution in [1.82, 2.24) is 0 Å². The summed E-state index contributed by atoms with van der Waals surface area (Å²) in [6, 6.07) is 17.4. The Morgan fingerprint density at radius 3 is 0.872 bits per heavy atom. The summed E-state index contributed by atoms with van der Waals surface area (Å²) in [6.45, 7) is 1.35. The lowest BCUT2D eigenvalue weighted by molar-refractivity contribution is 0.00303. The number of hydrogen-bond donors (Lipinski definition) is 9. The van der Waals surface area contributed by atoms with Crippen LogP contribution in [0.3, 0.4) is 0 Å². The minimum Gasteiger partial charge on any atom is -0.507 e. The zero-order valence-corrected chi connectivity index (χ0v) is 21.0. The number of aromatic hydroxyl groups is 3. The van der Waals surface area contributed by atoms with Crippen molar-refractivity contribution < 1.29 is 60.3 Å². The molecule has 0 heterocycles. The van der Waals surface area contributed by atoms with E-state index in [1.54, 1.807) is 36.4 Å². The molecule has 12 nitrogen and oxygen atoms in total. The van der Waals surface area contributed by atoms with Gasteiger partial charge in [0.25, 0.3) is 0 Å². The summed E-state index contributed by atoms with van der Waals surface area (Å²) in [6.07, 6.45) is 0.594. The van der Waals surface area contributed by atoms with Gasteiger partial charge in [-0.3, -0.25) is 0 Å². The minimum atomic E-state index is -1.11. The van der Waals surface area contributed by atoms with E-state index in [-0.39, 0.29) is 53.8 Å². The van der Waals surface area contributed by atoms with Crippen molar-refractivity contribution in [2.24, 2.45) is 5.41 Å². The Balaban J connectivity index is 0.000000494. The van der Waals surface area contributed by atoms with Crippen molar-refractivity contribution in [3.63, 3.8) is 0 Å². The van der Waals surface area contributed by atoms with Crippen molar-refractivity contribution in [3.8, 4) is 17.2 Å². The van der Waals surface area contributed by atoms with E-state index in [1.807, 2.05) is 6.92 Å². The number of phenols is 3. The molecule has 212 valence electrons. The van der Waals surface area contributed by atoms with Gasteiger partial charge >= 0.3 is 17.9 Å². The lowest BCUT2D eigenvalue weighted by Gasteiger charge is -2.24. The highest BCUT2D eigenvalue weighted by Crippen LogP contribution is 2.18. The Labute approximate surface area is 223 Å². The molecule has 0 fully saturated rings. The molecule has 0 aliphatic rings. The van der Waals surface area contributed by atoms with Crippen molar-refractivity contribution in [3.05, 3.63) is 89.5 Å². The number of para-hydroxylation sites is 3. The lowest BCUT2D eigenvalue weighted by Crippen LogP contribution is -2.32. The first-order chi connectivity index (χ1) is 18.4. The number of aromatic carboxylic acids is 3. The van der Waals surface area contributed by atoms with E-state index >= 15 is 0 Å². The van der Waals surface area contributed by atoms with Gasteiger partial charge in [0.1, 0.15) is 33.9 Å². The van der Waals surface area contributed by atoms with Crippen LogP contribution in [0.1, 0.15) is 44.4 Å². The molecule has 39 heavy (non-hydrogen) atoms. The first-order valence-electron chi connectivity index (χ1n) is 11.3. The van der Waals surface area contributed by atoms with Gasteiger partial charge < -0.3 is 46.0 Å². The Kier molecular flexibility index (Phi) is 15.6. The fraction of sp³-hybridized carbons (Fsp3) is 0.222. The molecule has 0 aliphatic carbocycles. The van der Waals surface area contributed by atoms with Crippen LogP contribution in [-0.2, 0) is 0 Å². The highest BCUT2D eigenvalue weighted by molar-refractivity contribution is 5.91. The maximum Gasteiger partial charge on any atom is 0.339 e. The largest absolute Gasteiger partial charge is 0.507 e. The van der Waals surface area contributed by atoms with E-state index in [0.717, 1.165) is 0 Å². The summed E-state index contributed by atoms with van der Waals surface area (Å²) < 4.78 is 0. The average molecular weight is 549 g/mol. The van der Waals surface area contributed by atoms with Crippen LogP contribution < -0.4 is 0 Å². The lowest BCUT2D eigenvalue weighted by atomic mass is 9.88. The summed E-state index contributed by atoms with van der Waals surface area (Å²) in [7, 11) is 0. The standard InChI is InChI=1S/3C7H6O3.C6H14O3/c3*8-6-4-2-1-3-5(6)7(9)10;1-2-6(3-7,4-8)5-9/h3*1-4,8H,(H,9,10);7-9H,2-5H2,1H3. The van der Waals surface area contributed by atoms with Crippen molar-refractivity contribution in [1.29, 1.82) is 0 Å². The summed E-state index contributed by atoms with van der Waals surface area (Å²) in [5.74, 6) is -3.94. The Morgan fingerprint density at radius 2 is 0.769 bits per heavy atom. The quantitative estimate of drug-likeness (QED) is 0.207. The molecule has 0 atom stereocenters. The number of hydrogen-bond acceptors (Lipinski definition) is 9. The Hall–Kier alpha value is -4.65. The van der Waals surface area contributed by atoms with Gasteiger partial charge in [0.15, 0.2) is 0 Å². The van der Waals surface area contributed by atoms with Crippen LogP contribution in [0.25, 0.3) is 0 Å². The average Bonchev–Trinajstić information content (AvgIpc) is 2.92. The van der Waals surface area contributed by atoms with E-state index < -0.39 is 23.3 Å². The molecular weight excluding hydrogens is 516 g/mol. The zero-order chi connectivity index (χ0) is 30.0. The van der Waals surface area contributed by atoms with Gasteiger partial charge in [-0.05, 0) is 42.8 Å². The highest BCUT2D eigenvalue weighted by atomic mass is 16.4. The number of carbonyl (C=O) groups is 3. The van der Waals surface area contributed by atoms with Crippen molar-refractivity contribution >= 4 is 17.9 Å². The molecule has 0 saturated carbocycles. The van der Waals surface area contributed by atoms with Gasteiger partial charge in [-0.1, -0.05) is 43.3 Å². The predicted octanol–water partition coefficient (Wildman–Crippen LogP) is 2.63. The maximum atomic E-state index is 10.3. The molecule has 0 radical (unpaired) electrons. The fourth-order valence-corrected chi connectivity index (χ4v) is 2.45. The Bertz CT molecular complexity index is 1040. The molecule has 12 heteroatoms. The maximum absolute atomic E-state index is 10.3. The van der Waals surface area contributed by atoms with Crippen molar-refractivity contribution in [2.75, 3.05) is 19.8 Å². The second-order valence-corrected chi connectivity index (χ2v) is 7.79. The molecule has 3 aromatic carbocycles. The topological polar surface area (TPSA) is 233 Å². The first kappa shape index (κ1) is 34.4. The molecule has 0 spiro atoms. The molecule has 0 amide bonds. The zero-order valence-electron chi connectivity index (χ0n) is 21.0. The molecular formula is C27H32O12. The molecule has 3 rings (SSSR count). The van der Waals surface area contributed by atoms with Crippen LogP contribution in [-0.4, -0.2) is 83.7 Å². The van der Waals surface area contributed by atoms with Crippen LogP contribution in [0.4, 0.5) is 0 Å². The number of benzene rings is 3. The first-order valence-corrected chi connectivity index (χ1v) is 11.3. The van der Waals surface area contributed by atoms with E-state index in [1.165, 1.54) is 36.4 Å². The molecule has 0 bridgehead atoms. The third-order valence-corrected chi connectivity index (χ3v) is 5.16. The molecule has 0 aromatic heterocycles. The SMILES string of the molecule is CCC(CO)(CO)CO.O=C(O)c1ccccc1O.O=C(O)c1ccccc1O.O=C(O)c1ccccc1O. The van der Waals surface area contributed by atoms with Crippen LogP contribution in [0.5, 0.6) is 17.2 Å². The van der Waals surface area contributed by atoms with Gasteiger partial charge in [-0.25, -0.2) is 14.4 Å². The smallest absolute Gasteiger partial charge is 0.339 e. The summed E-state index contributed by atoms with van der Waals surface area (Å²) in [5.41, 5.74) is -0.868. The minimum absolute atomic E-state index is 0.0671. The monoisotopic (exact) mass is 548 g/mol. The van der Waals surface area contributed by atoms with Gasteiger partial charge in [-0.2, -0.15) is 0 Å². The van der Waals surface area contributed by atoms with E-state index in [9.17, 15) is 14.4 Å². The summed E-state index contributed by atoms with van der Waals surface area (Å²) in [5, 5.41) is 77.9. The third kappa shape index (κ3) is 12.0. The van der Waals surface area contributed by atoms with Crippen LogP contribution >= 0.6 is 0 Å². The second kappa shape index (κ2) is 17.7. The number of carboxylic acids is 3. The summed E-state index contributed by atoms with van der Waals surface area (Å²) >= 11 is 0. The van der Waals surface area contributed by atoms with Gasteiger partial charge in [0.2, 0.25) is 0 Å². The number of carboxylic acid groups (broad SMARTS) is 3. The number of aliphatic hydroxyl groups excluding tert-OH is 3. The van der Waals surface area contributed by atoms with Gasteiger partial charge in [-0.15, -0.1) is 0 Å². The normalized spacial score (nSPS) is 9.85. The predicted molar refractivity (Wildman–Crippen MR) is 139 cm³/mol. The van der Waals surface area contributed by atoms with Crippen molar-refractivity contribution in [2.45, 2.75) is 13.3 Å². The van der Waals surface area contributed by atoms with E-state index in [2.05, 4.69) is 0 Å². The second-order valence-electron chi connectivity index (χ2n) is 7.79. The summed E-state index contributed by atoms with van der Waals surface area (Å²) in [4.78, 5) is 30.8. The number of rotatable bonds is 7. The highest BCUT2D eigenvalue weighted by Gasteiger charge is 2.24. The molecule has 3 aromatic rings. The third-order valence-electron chi connectivity index (χ3n) is 5.16.